The highest BCUT2D eigenvalue weighted by atomic mass is 16.5. The summed E-state index contributed by atoms with van der Waals surface area (Å²) in [5.41, 5.74) is 1.36. The highest BCUT2D eigenvalue weighted by Crippen LogP contribution is 2.31. The van der Waals surface area contributed by atoms with Crippen LogP contribution in [-0.2, 0) is 9.53 Å². The molecule has 156 valence electrons. The van der Waals surface area contributed by atoms with Crippen LogP contribution < -0.4 is 10.1 Å². The average Bonchev–Trinajstić information content (AvgIpc) is 3.32. The maximum atomic E-state index is 12.8. The van der Waals surface area contributed by atoms with Crippen LogP contribution in [0.2, 0.25) is 0 Å². The third-order valence-corrected chi connectivity index (χ3v) is 5.18. The summed E-state index contributed by atoms with van der Waals surface area (Å²) in [4.78, 5) is 38.5. The van der Waals surface area contributed by atoms with Crippen LogP contribution in [0.4, 0.5) is 5.69 Å². The van der Waals surface area contributed by atoms with Gasteiger partial charge in [-0.25, -0.2) is 0 Å². The Kier molecular flexibility index (Phi) is 5.81. The predicted molar refractivity (Wildman–Crippen MR) is 111 cm³/mol. The van der Waals surface area contributed by atoms with Gasteiger partial charge in [-0.1, -0.05) is 13.0 Å². The molecule has 2 aliphatic heterocycles. The van der Waals surface area contributed by atoms with Crippen molar-refractivity contribution in [2.45, 2.75) is 38.7 Å². The number of benzene rings is 2. The standard InChI is InChI=1S/C23H24N2O5/c1-2-5-21(26)24-15-6-3-7-16(12-15)30-17-9-10-19-20(13-17)23(28)25(22(19)27)14-18-8-4-11-29-18/h3,6-7,9-10,12-13,18H,2,4-5,8,11,14H2,1H3,(H,24,26). The van der Waals surface area contributed by atoms with Crippen LogP contribution in [0.1, 0.15) is 53.3 Å². The summed E-state index contributed by atoms with van der Waals surface area (Å²) in [6.07, 6.45) is 2.94. The second kappa shape index (κ2) is 8.67. The number of imide groups is 1. The maximum Gasteiger partial charge on any atom is 0.261 e. The summed E-state index contributed by atoms with van der Waals surface area (Å²) in [6, 6.07) is 11.9. The minimum atomic E-state index is -0.323. The molecule has 1 fully saturated rings. The molecular weight excluding hydrogens is 384 g/mol. The Balaban J connectivity index is 1.48. The van der Waals surface area contributed by atoms with E-state index in [0.717, 1.165) is 19.3 Å². The van der Waals surface area contributed by atoms with Crippen molar-refractivity contribution in [3.63, 3.8) is 0 Å². The lowest BCUT2D eigenvalue weighted by Crippen LogP contribution is -2.36. The molecular formula is C23H24N2O5. The fourth-order valence-corrected chi connectivity index (χ4v) is 3.72. The summed E-state index contributed by atoms with van der Waals surface area (Å²) in [6.45, 7) is 2.90. The number of hydrogen-bond donors (Lipinski definition) is 1. The number of nitrogens with zero attached hydrogens (tertiary/aromatic N) is 1. The fraction of sp³-hybridized carbons (Fsp3) is 0.348. The number of rotatable bonds is 7. The Morgan fingerprint density at radius 3 is 2.70 bits per heavy atom. The summed E-state index contributed by atoms with van der Waals surface area (Å²) in [7, 11) is 0. The number of nitrogens with one attached hydrogen (secondary N) is 1. The first-order chi connectivity index (χ1) is 14.5. The summed E-state index contributed by atoms with van der Waals surface area (Å²) in [5.74, 6) is 0.306. The molecule has 1 saturated heterocycles. The second-order valence-corrected chi connectivity index (χ2v) is 7.49. The van der Waals surface area contributed by atoms with Crippen LogP contribution in [0.3, 0.4) is 0 Å². The molecule has 0 saturated carbocycles. The van der Waals surface area contributed by atoms with E-state index in [-0.39, 0.29) is 30.4 Å². The van der Waals surface area contributed by atoms with Crippen LogP contribution in [0.5, 0.6) is 11.5 Å². The Labute approximate surface area is 175 Å². The van der Waals surface area contributed by atoms with Gasteiger partial charge in [0.2, 0.25) is 5.91 Å². The number of carbonyl (C=O) groups is 3. The summed E-state index contributed by atoms with van der Waals surface area (Å²) >= 11 is 0. The van der Waals surface area contributed by atoms with Crippen LogP contribution >= 0.6 is 0 Å². The van der Waals surface area contributed by atoms with Gasteiger partial charge in [0.25, 0.3) is 11.8 Å². The van der Waals surface area contributed by atoms with Crippen LogP contribution in [0.15, 0.2) is 42.5 Å². The lowest BCUT2D eigenvalue weighted by molar-refractivity contribution is -0.116. The number of hydrogen-bond acceptors (Lipinski definition) is 5. The Morgan fingerprint density at radius 2 is 1.93 bits per heavy atom. The highest BCUT2D eigenvalue weighted by Gasteiger charge is 2.37. The monoisotopic (exact) mass is 408 g/mol. The van der Waals surface area contributed by atoms with Gasteiger partial charge in [-0.05, 0) is 49.6 Å². The van der Waals surface area contributed by atoms with Gasteiger partial charge in [0.05, 0.1) is 23.8 Å². The molecule has 0 radical (unpaired) electrons. The van der Waals surface area contributed by atoms with E-state index in [1.54, 1.807) is 42.5 Å². The molecule has 4 rings (SSSR count). The van der Waals surface area contributed by atoms with E-state index < -0.39 is 0 Å². The van der Waals surface area contributed by atoms with Crippen molar-refractivity contribution in [1.82, 2.24) is 4.90 Å². The first-order valence-electron chi connectivity index (χ1n) is 10.2. The Bertz CT molecular complexity index is 981. The van der Waals surface area contributed by atoms with Crippen molar-refractivity contribution in [3.05, 3.63) is 53.6 Å². The quantitative estimate of drug-likeness (QED) is 0.700. The number of anilines is 1. The third kappa shape index (κ3) is 4.21. The zero-order valence-electron chi connectivity index (χ0n) is 16.8. The van der Waals surface area contributed by atoms with Gasteiger partial charge in [0, 0.05) is 24.8 Å². The van der Waals surface area contributed by atoms with Crippen LogP contribution in [-0.4, -0.2) is 41.9 Å². The van der Waals surface area contributed by atoms with Crippen molar-refractivity contribution in [2.24, 2.45) is 0 Å². The second-order valence-electron chi connectivity index (χ2n) is 7.49. The molecule has 1 N–H and O–H groups in total. The minimum Gasteiger partial charge on any atom is -0.457 e. The molecule has 7 heteroatoms. The topological polar surface area (TPSA) is 84.9 Å². The van der Waals surface area contributed by atoms with Crippen molar-refractivity contribution in [3.8, 4) is 11.5 Å². The molecule has 2 aliphatic rings. The number of amides is 3. The molecule has 0 spiro atoms. The fourth-order valence-electron chi connectivity index (χ4n) is 3.72. The molecule has 7 nitrogen and oxygen atoms in total. The van der Waals surface area contributed by atoms with Gasteiger partial charge in [-0.2, -0.15) is 0 Å². The predicted octanol–water partition coefficient (Wildman–Crippen LogP) is 3.99. The number of ether oxygens (including phenoxy) is 2. The lowest BCUT2D eigenvalue weighted by atomic mass is 10.1. The van der Waals surface area contributed by atoms with E-state index in [9.17, 15) is 14.4 Å². The molecule has 30 heavy (non-hydrogen) atoms. The molecule has 3 amide bonds. The van der Waals surface area contributed by atoms with Crippen LogP contribution in [0, 0.1) is 0 Å². The number of fused-ring (bicyclic) bond motifs is 1. The maximum absolute atomic E-state index is 12.8. The van der Waals surface area contributed by atoms with Crippen molar-refractivity contribution in [2.75, 3.05) is 18.5 Å². The molecule has 0 aromatic heterocycles. The minimum absolute atomic E-state index is 0.0531. The zero-order valence-corrected chi connectivity index (χ0v) is 16.8. The largest absolute Gasteiger partial charge is 0.457 e. The van der Waals surface area contributed by atoms with Gasteiger partial charge in [-0.3, -0.25) is 19.3 Å². The molecule has 0 bridgehead atoms. The molecule has 0 aliphatic carbocycles. The molecule has 2 aromatic carbocycles. The van der Waals surface area contributed by atoms with Gasteiger partial charge < -0.3 is 14.8 Å². The smallest absolute Gasteiger partial charge is 0.261 e. The van der Waals surface area contributed by atoms with E-state index in [1.165, 1.54) is 4.90 Å². The third-order valence-electron chi connectivity index (χ3n) is 5.18. The van der Waals surface area contributed by atoms with Crippen molar-refractivity contribution >= 4 is 23.4 Å². The first kappa shape index (κ1) is 20.1. The Hall–Kier alpha value is -3.19. The lowest BCUT2D eigenvalue weighted by Gasteiger charge is -2.17. The first-order valence-corrected chi connectivity index (χ1v) is 10.2. The summed E-state index contributed by atoms with van der Waals surface area (Å²) < 4.78 is 11.4. The van der Waals surface area contributed by atoms with Gasteiger partial charge >= 0.3 is 0 Å². The Morgan fingerprint density at radius 1 is 1.13 bits per heavy atom. The van der Waals surface area contributed by atoms with E-state index in [0.29, 0.717) is 41.3 Å². The van der Waals surface area contributed by atoms with E-state index in [2.05, 4.69) is 5.32 Å². The van der Waals surface area contributed by atoms with E-state index in [4.69, 9.17) is 9.47 Å². The van der Waals surface area contributed by atoms with Gasteiger partial charge in [0.1, 0.15) is 11.5 Å². The normalized spacial score (nSPS) is 17.9. The van der Waals surface area contributed by atoms with Gasteiger partial charge in [-0.15, -0.1) is 0 Å². The SMILES string of the molecule is CCCC(=O)Nc1cccc(Oc2ccc3c(c2)C(=O)N(CC2CCCO2)C3=O)c1. The zero-order chi connectivity index (χ0) is 21.1. The molecule has 2 heterocycles. The molecule has 2 aromatic rings. The molecule has 1 atom stereocenters. The number of carbonyl (C=O) groups excluding carboxylic acids is 3. The summed E-state index contributed by atoms with van der Waals surface area (Å²) in [5, 5.41) is 2.83. The van der Waals surface area contributed by atoms with E-state index in [1.807, 2.05) is 6.92 Å². The van der Waals surface area contributed by atoms with Gasteiger partial charge in [0.15, 0.2) is 0 Å². The van der Waals surface area contributed by atoms with Crippen LogP contribution in [0.25, 0.3) is 0 Å². The average molecular weight is 408 g/mol. The highest BCUT2D eigenvalue weighted by molar-refractivity contribution is 6.21. The van der Waals surface area contributed by atoms with Crippen molar-refractivity contribution in [1.29, 1.82) is 0 Å². The van der Waals surface area contributed by atoms with E-state index >= 15 is 0 Å². The van der Waals surface area contributed by atoms with Crippen molar-refractivity contribution < 1.29 is 23.9 Å². The molecule has 1 unspecified atom stereocenters.